The smallest absolute Gasteiger partial charge is 0.345 e. The third kappa shape index (κ3) is 2.72. The second-order valence-electron chi connectivity index (χ2n) is 3.39. The summed E-state index contributed by atoms with van der Waals surface area (Å²) in [5.74, 6) is -0.630. The van der Waals surface area contributed by atoms with E-state index in [1.54, 1.807) is 6.92 Å². The fourth-order valence-electron chi connectivity index (χ4n) is 1.23. The summed E-state index contributed by atoms with van der Waals surface area (Å²) in [5, 5.41) is 14.9. The van der Waals surface area contributed by atoms with E-state index in [4.69, 9.17) is 9.63 Å². The average molecular weight is 267 g/mol. The monoisotopic (exact) mass is 267 g/mol. The van der Waals surface area contributed by atoms with Crippen LogP contribution in [0.3, 0.4) is 0 Å². The lowest BCUT2D eigenvalue weighted by Crippen LogP contribution is -2.21. The van der Waals surface area contributed by atoms with Gasteiger partial charge in [0, 0.05) is 0 Å². The molecule has 0 saturated carbocycles. The first-order chi connectivity index (χ1) is 8.56. The number of hydrogen-bond acceptors (Lipinski definition) is 6. The zero-order valence-corrected chi connectivity index (χ0v) is 10.2. The molecule has 18 heavy (non-hydrogen) atoms. The van der Waals surface area contributed by atoms with Crippen molar-refractivity contribution in [2.75, 3.05) is 0 Å². The zero-order chi connectivity index (χ0) is 13.1. The van der Waals surface area contributed by atoms with Crippen molar-refractivity contribution in [3.63, 3.8) is 0 Å². The fourth-order valence-corrected chi connectivity index (χ4v) is 1.99. The Balaban J connectivity index is 1.97. The van der Waals surface area contributed by atoms with E-state index in [2.05, 4.69) is 15.5 Å². The molecule has 0 aromatic carbocycles. The Bertz CT molecular complexity index is 589. The van der Waals surface area contributed by atoms with Gasteiger partial charge in [0.05, 0.1) is 11.4 Å². The topological polar surface area (TPSA) is 105 Å². The molecule has 2 heterocycles. The molecule has 2 aromatic heterocycles. The number of amides is 1. The van der Waals surface area contributed by atoms with Gasteiger partial charge < -0.3 is 14.9 Å². The van der Waals surface area contributed by atoms with Crippen LogP contribution in [0.15, 0.2) is 16.7 Å². The highest BCUT2D eigenvalue weighted by molar-refractivity contribution is 7.15. The maximum Gasteiger partial charge on any atom is 0.345 e. The minimum absolute atomic E-state index is 0.111. The molecule has 94 valence electrons. The van der Waals surface area contributed by atoms with Crippen LogP contribution in [0.1, 0.15) is 31.1 Å². The van der Waals surface area contributed by atoms with Gasteiger partial charge in [-0.15, -0.1) is 11.3 Å². The van der Waals surface area contributed by atoms with E-state index in [1.165, 1.54) is 12.1 Å². The van der Waals surface area contributed by atoms with Gasteiger partial charge >= 0.3 is 5.97 Å². The SMILES string of the molecule is Cc1noc(CNC(=O)c2ccc(C(=O)O)s2)n1. The molecule has 0 spiro atoms. The lowest BCUT2D eigenvalue weighted by atomic mass is 10.4. The lowest BCUT2D eigenvalue weighted by Gasteiger charge is -1.98. The van der Waals surface area contributed by atoms with Crippen molar-refractivity contribution in [2.45, 2.75) is 13.5 Å². The molecule has 2 rings (SSSR count). The molecule has 8 heteroatoms. The summed E-state index contributed by atoms with van der Waals surface area (Å²) in [7, 11) is 0. The molecule has 7 nitrogen and oxygen atoms in total. The van der Waals surface area contributed by atoms with E-state index < -0.39 is 5.97 Å². The quantitative estimate of drug-likeness (QED) is 0.858. The van der Waals surface area contributed by atoms with Crippen LogP contribution in [0, 0.1) is 6.92 Å². The lowest BCUT2D eigenvalue weighted by molar-refractivity contribution is 0.0702. The molecule has 0 fully saturated rings. The van der Waals surface area contributed by atoms with E-state index in [1.807, 2.05) is 0 Å². The number of aromatic nitrogens is 2. The standard InChI is InChI=1S/C10H9N3O4S/c1-5-12-8(17-13-5)4-11-9(14)6-2-3-7(18-6)10(15)16/h2-3H,4H2,1H3,(H,11,14)(H,15,16). The number of nitrogens with one attached hydrogen (secondary N) is 1. The van der Waals surface area contributed by atoms with Crippen molar-refractivity contribution < 1.29 is 19.2 Å². The number of aryl methyl sites for hydroxylation is 1. The minimum atomic E-state index is -1.05. The van der Waals surface area contributed by atoms with Crippen LogP contribution in [-0.4, -0.2) is 27.1 Å². The van der Waals surface area contributed by atoms with Crippen LogP contribution in [-0.2, 0) is 6.54 Å². The maximum absolute atomic E-state index is 11.7. The molecule has 0 aliphatic rings. The molecule has 0 atom stereocenters. The summed E-state index contributed by atoms with van der Waals surface area (Å²) < 4.78 is 4.83. The van der Waals surface area contributed by atoms with Crippen LogP contribution in [0.5, 0.6) is 0 Å². The number of carboxylic acids is 1. The fraction of sp³-hybridized carbons (Fsp3) is 0.200. The molecule has 2 N–H and O–H groups in total. The second-order valence-corrected chi connectivity index (χ2v) is 4.47. The first kappa shape index (κ1) is 12.2. The highest BCUT2D eigenvalue weighted by Crippen LogP contribution is 2.16. The van der Waals surface area contributed by atoms with Crippen LogP contribution in [0.25, 0.3) is 0 Å². The molecular weight excluding hydrogens is 258 g/mol. The number of thiophene rings is 1. The summed E-state index contributed by atoms with van der Waals surface area (Å²) >= 11 is 0.911. The second kappa shape index (κ2) is 4.96. The van der Waals surface area contributed by atoms with E-state index in [-0.39, 0.29) is 17.3 Å². The Morgan fingerprint density at radius 2 is 2.17 bits per heavy atom. The summed E-state index contributed by atoms with van der Waals surface area (Å²) in [6, 6.07) is 2.85. The van der Waals surface area contributed by atoms with Gasteiger partial charge in [0.25, 0.3) is 5.91 Å². The Morgan fingerprint density at radius 3 is 2.72 bits per heavy atom. The van der Waals surface area contributed by atoms with Gasteiger partial charge in [0.2, 0.25) is 5.89 Å². The average Bonchev–Trinajstić information content (AvgIpc) is 2.94. The molecule has 0 aliphatic heterocycles. The number of aromatic carboxylic acids is 1. The highest BCUT2D eigenvalue weighted by Gasteiger charge is 2.13. The van der Waals surface area contributed by atoms with Crippen LogP contribution in [0.2, 0.25) is 0 Å². The molecule has 2 aromatic rings. The highest BCUT2D eigenvalue weighted by atomic mass is 32.1. The van der Waals surface area contributed by atoms with Gasteiger partial charge in [-0.25, -0.2) is 4.79 Å². The van der Waals surface area contributed by atoms with Crippen molar-refractivity contribution in [1.82, 2.24) is 15.5 Å². The van der Waals surface area contributed by atoms with Crippen molar-refractivity contribution in [3.8, 4) is 0 Å². The van der Waals surface area contributed by atoms with Crippen molar-refractivity contribution in [2.24, 2.45) is 0 Å². The van der Waals surface area contributed by atoms with Crippen LogP contribution >= 0.6 is 11.3 Å². The van der Waals surface area contributed by atoms with Gasteiger partial charge in [0.15, 0.2) is 5.82 Å². The van der Waals surface area contributed by atoms with E-state index >= 15 is 0 Å². The summed E-state index contributed by atoms with van der Waals surface area (Å²) in [4.78, 5) is 26.7. The zero-order valence-electron chi connectivity index (χ0n) is 9.34. The number of carbonyl (C=O) groups excluding carboxylic acids is 1. The molecule has 0 bridgehead atoms. The molecule has 0 saturated heterocycles. The van der Waals surface area contributed by atoms with E-state index in [0.29, 0.717) is 16.6 Å². The molecule has 0 aliphatic carbocycles. The van der Waals surface area contributed by atoms with E-state index in [0.717, 1.165) is 11.3 Å². The van der Waals surface area contributed by atoms with Crippen molar-refractivity contribution >= 4 is 23.2 Å². The normalized spacial score (nSPS) is 10.3. The van der Waals surface area contributed by atoms with Gasteiger partial charge in [0.1, 0.15) is 4.88 Å². The number of rotatable bonds is 4. The molecular formula is C10H9N3O4S. The Hall–Kier alpha value is -2.22. The Morgan fingerprint density at radius 1 is 1.44 bits per heavy atom. The molecule has 1 amide bonds. The Kier molecular flexibility index (Phi) is 3.38. The van der Waals surface area contributed by atoms with Gasteiger partial charge in [-0.1, -0.05) is 5.16 Å². The first-order valence-electron chi connectivity index (χ1n) is 4.97. The van der Waals surface area contributed by atoms with Crippen molar-refractivity contribution in [3.05, 3.63) is 33.6 Å². The van der Waals surface area contributed by atoms with Crippen molar-refractivity contribution in [1.29, 1.82) is 0 Å². The maximum atomic E-state index is 11.7. The Labute approximate surface area is 105 Å². The number of carboxylic acid groups (broad SMARTS) is 1. The molecule has 0 radical (unpaired) electrons. The third-order valence-electron chi connectivity index (χ3n) is 2.01. The minimum Gasteiger partial charge on any atom is -0.477 e. The van der Waals surface area contributed by atoms with Gasteiger partial charge in [-0.2, -0.15) is 4.98 Å². The molecule has 0 unspecified atom stereocenters. The predicted octanol–water partition coefficient (Wildman–Crippen LogP) is 1.07. The summed E-state index contributed by atoms with van der Waals surface area (Å²) in [6.07, 6.45) is 0. The third-order valence-corrected chi connectivity index (χ3v) is 3.08. The summed E-state index contributed by atoms with van der Waals surface area (Å²) in [6.45, 7) is 1.78. The van der Waals surface area contributed by atoms with E-state index in [9.17, 15) is 9.59 Å². The number of nitrogens with zero attached hydrogens (tertiary/aromatic N) is 2. The largest absolute Gasteiger partial charge is 0.477 e. The van der Waals surface area contributed by atoms with Crippen LogP contribution < -0.4 is 5.32 Å². The number of hydrogen-bond donors (Lipinski definition) is 2. The number of carbonyl (C=O) groups is 2. The van der Waals surface area contributed by atoms with Gasteiger partial charge in [-0.05, 0) is 19.1 Å². The van der Waals surface area contributed by atoms with Crippen LogP contribution in [0.4, 0.5) is 0 Å². The summed E-state index contributed by atoms with van der Waals surface area (Å²) in [5.41, 5.74) is 0. The van der Waals surface area contributed by atoms with Gasteiger partial charge in [-0.3, -0.25) is 4.79 Å². The predicted molar refractivity (Wildman–Crippen MR) is 61.5 cm³/mol. The first-order valence-corrected chi connectivity index (χ1v) is 5.78.